The second-order valence-corrected chi connectivity index (χ2v) is 16.1. The van der Waals surface area contributed by atoms with Crippen LogP contribution >= 0.6 is 0 Å². The van der Waals surface area contributed by atoms with Crippen LogP contribution in [0.2, 0.25) is 0 Å². The first-order chi connectivity index (χ1) is 31.6. The Kier molecular flexibility index (Phi) is 17.3. The first-order valence-corrected chi connectivity index (χ1v) is 22.1. The summed E-state index contributed by atoms with van der Waals surface area (Å²) in [7, 11) is 0. The number of aliphatic hydroxyl groups is 1. The molecule has 10 heteroatoms. The van der Waals surface area contributed by atoms with Gasteiger partial charge in [-0.05, 0) is 33.4 Å². The molecule has 0 amide bonds. The third kappa shape index (κ3) is 13.5. The van der Waals surface area contributed by atoms with Crippen molar-refractivity contribution in [1.82, 2.24) is 0 Å². The minimum atomic E-state index is -1.35. The van der Waals surface area contributed by atoms with Crippen LogP contribution in [0.25, 0.3) is 0 Å². The quantitative estimate of drug-likeness (QED) is 0.0712. The van der Waals surface area contributed by atoms with Gasteiger partial charge in [0.05, 0.1) is 59.0 Å². The second kappa shape index (κ2) is 24.3. The summed E-state index contributed by atoms with van der Waals surface area (Å²) in [5.74, 6) is 0. The highest BCUT2D eigenvalue weighted by molar-refractivity contribution is 5.18. The van der Waals surface area contributed by atoms with Crippen molar-refractivity contribution in [1.29, 1.82) is 0 Å². The van der Waals surface area contributed by atoms with Crippen molar-refractivity contribution in [3.8, 4) is 0 Å². The molecule has 6 aromatic carbocycles. The molecule has 2 saturated heterocycles. The van der Waals surface area contributed by atoms with Crippen molar-refractivity contribution in [3.63, 3.8) is 0 Å². The summed E-state index contributed by atoms with van der Waals surface area (Å²) in [6.07, 6.45) is -6.28. The van der Waals surface area contributed by atoms with Crippen LogP contribution in [0.1, 0.15) is 39.8 Å². The lowest BCUT2D eigenvalue weighted by atomic mass is 9.97. The molecular weight excluding hydrogens is 809 g/mol. The maximum absolute atomic E-state index is 11.7. The lowest BCUT2D eigenvalue weighted by Crippen LogP contribution is -2.61. The summed E-state index contributed by atoms with van der Waals surface area (Å²) >= 11 is 0. The number of hydrogen-bond acceptors (Lipinski definition) is 10. The van der Waals surface area contributed by atoms with Crippen molar-refractivity contribution >= 4 is 0 Å². The van der Waals surface area contributed by atoms with Crippen LogP contribution in [-0.4, -0.2) is 73.6 Å². The van der Waals surface area contributed by atoms with E-state index < -0.39 is 55.3 Å². The Labute approximate surface area is 376 Å². The van der Waals surface area contributed by atoms with Crippen LogP contribution in [-0.2, 0) is 82.3 Å². The molecule has 2 aliphatic heterocycles. The van der Waals surface area contributed by atoms with E-state index in [4.69, 9.17) is 42.6 Å². The van der Waals surface area contributed by atoms with Crippen LogP contribution in [0.4, 0.5) is 0 Å². The van der Waals surface area contributed by atoms with E-state index in [1.165, 1.54) is 0 Å². The van der Waals surface area contributed by atoms with Crippen molar-refractivity contribution < 1.29 is 47.7 Å². The number of rotatable bonds is 22. The zero-order valence-corrected chi connectivity index (χ0v) is 36.0. The average Bonchev–Trinajstić information content (AvgIpc) is 3.35. The molecule has 0 saturated carbocycles. The number of benzene rings is 6. The fraction of sp³-hybridized carbons (Fsp3) is 0.333. The Bertz CT molecular complexity index is 2170. The van der Waals surface area contributed by atoms with E-state index >= 15 is 0 Å². The van der Waals surface area contributed by atoms with Crippen molar-refractivity contribution in [2.75, 3.05) is 13.2 Å². The van der Waals surface area contributed by atoms with Crippen LogP contribution in [0.5, 0.6) is 0 Å². The van der Waals surface area contributed by atoms with E-state index in [1.807, 2.05) is 182 Å². The highest BCUT2D eigenvalue weighted by Crippen LogP contribution is 2.33. The molecule has 10 nitrogen and oxygen atoms in total. The zero-order chi connectivity index (χ0) is 43.6. The maximum atomic E-state index is 11.7. The molecule has 9 atom stereocenters. The van der Waals surface area contributed by atoms with E-state index in [0.29, 0.717) is 26.2 Å². The van der Waals surface area contributed by atoms with Crippen molar-refractivity contribution in [2.24, 2.45) is 0 Å². The first kappa shape index (κ1) is 45.5. The van der Waals surface area contributed by atoms with E-state index in [0.717, 1.165) is 33.4 Å². The number of aliphatic hydroxyl groups excluding tert-OH is 1. The summed E-state index contributed by atoms with van der Waals surface area (Å²) in [5.41, 5.74) is 6.03. The third-order valence-corrected chi connectivity index (χ3v) is 11.4. The molecule has 64 heavy (non-hydrogen) atoms. The van der Waals surface area contributed by atoms with Crippen LogP contribution in [0.15, 0.2) is 182 Å². The van der Waals surface area contributed by atoms with Gasteiger partial charge in [-0.25, -0.2) is 0 Å². The summed E-state index contributed by atoms with van der Waals surface area (Å²) in [6, 6.07) is 59.9. The van der Waals surface area contributed by atoms with Gasteiger partial charge in [0.2, 0.25) is 0 Å². The molecular formula is C54H58O10. The molecule has 1 N–H and O–H groups in total. The normalized spacial score (nSPS) is 24.6. The van der Waals surface area contributed by atoms with Gasteiger partial charge in [-0.15, -0.1) is 0 Å². The van der Waals surface area contributed by atoms with Gasteiger partial charge in [-0.1, -0.05) is 182 Å². The van der Waals surface area contributed by atoms with Gasteiger partial charge in [0, 0.05) is 6.42 Å². The molecule has 0 radical (unpaired) electrons. The largest absolute Gasteiger partial charge is 0.374 e. The number of hydrogen-bond donors (Lipinski definition) is 1. The predicted molar refractivity (Wildman–Crippen MR) is 241 cm³/mol. The van der Waals surface area contributed by atoms with E-state index in [2.05, 4.69) is 0 Å². The standard InChI is InChI=1S/C54H58O10/c55-54-53(62-37-45-29-17-6-18-30-45)52(61-36-44-27-15-5-16-28-44)51(60-35-43-25-13-4-14-26-43)48(64-54)39-58-49-31-46(57-33-41-21-9-2-10-22-41)50(59-34-42-23-11-3-12-24-42)47(63-49)38-56-32-40-19-7-1-8-20-40/h1-30,46-55H,31-39H2/t46-,47-,48-,49+,50+,51-,52+,53-,54+/m1/s1. The molecule has 2 aliphatic rings. The van der Waals surface area contributed by atoms with E-state index in [9.17, 15) is 5.11 Å². The molecule has 2 heterocycles. The van der Waals surface area contributed by atoms with Gasteiger partial charge < -0.3 is 47.7 Å². The average molecular weight is 867 g/mol. The number of ether oxygens (including phenoxy) is 9. The van der Waals surface area contributed by atoms with E-state index in [1.54, 1.807) is 0 Å². The summed E-state index contributed by atoms with van der Waals surface area (Å²) in [6.45, 7) is 2.17. The molecule has 0 spiro atoms. The lowest BCUT2D eigenvalue weighted by Gasteiger charge is -2.45. The predicted octanol–water partition coefficient (Wildman–Crippen LogP) is 8.98. The Balaban J connectivity index is 1.03. The Hall–Kier alpha value is -5.08. The van der Waals surface area contributed by atoms with Gasteiger partial charge in [0.25, 0.3) is 0 Å². The summed E-state index contributed by atoms with van der Waals surface area (Å²) in [5, 5.41) is 11.7. The van der Waals surface area contributed by atoms with Crippen molar-refractivity contribution in [2.45, 2.75) is 101 Å². The first-order valence-electron chi connectivity index (χ1n) is 22.1. The molecule has 0 unspecified atom stereocenters. The minimum absolute atomic E-state index is 0.0102. The SMILES string of the molecule is O[C@H]1O[C@H](CO[C@@H]2C[C@@H](OCc3ccccc3)[C@H](OCc3ccccc3)[C@@H](COCc3ccccc3)O2)[C@@H](OCc2ccccc2)[C@H](OCc2ccccc2)[C@H]1OCc1ccccc1. The van der Waals surface area contributed by atoms with Crippen LogP contribution < -0.4 is 0 Å². The molecule has 0 aromatic heterocycles. The fourth-order valence-electron chi connectivity index (χ4n) is 8.02. The summed E-state index contributed by atoms with van der Waals surface area (Å²) < 4.78 is 59.5. The molecule has 0 bridgehead atoms. The lowest BCUT2D eigenvalue weighted by molar-refractivity contribution is -0.330. The molecule has 6 aromatic rings. The van der Waals surface area contributed by atoms with Gasteiger partial charge in [0.1, 0.15) is 36.6 Å². The van der Waals surface area contributed by atoms with Crippen LogP contribution in [0.3, 0.4) is 0 Å². The highest BCUT2D eigenvalue weighted by atomic mass is 16.7. The second-order valence-electron chi connectivity index (χ2n) is 16.1. The smallest absolute Gasteiger partial charge is 0.184 e. The third-order valence-electron chi connectivity index (χ3n) is 11.4. The topological polar surface area (TPSA) is 103 Å². The Morgan fingerprint density at radius 3 is 1.17 bits per heavy atom. The Morgan fingerprint density at radius 2 is 0.719 bits per heavy atom. The summed E-state index contributed by atoms with van der Waals surface area (Å²) in [4.78, 5) is 0. The van der Waals surface area contributed by atoms with Gasteiger partial charge in [-0.3, -0.25) is 0 Å². The van der Waals surface area contributed by atoms with Crippen LogP contribution in [0, 0.1) is 0 Å². The minimum Gasteiger partial charge on any atom is -0.374 e. The maximum Gasteiger partial charge on any atom is 0.184 e. The molecule has 334 valence electrons. The van der Waals surface area contributed by atoms with E-state index in [-0.39, 0.29) is 33.0 Å². The molecule has 2 fully saturated rings. The molecule has 8 rings (SSSR count). The highest BCUT2D eigenvalue weighted by Gasteiger charge is 2.49. The fourth-order valence-corrected chi connectivity index (χ4v) is 8.02. The van der Waals surface area contributed by atoms with Gasteiger partial charge in [0.15, 0.2) is 12.6 Å². The Morgan fingerprint density at radius 1 is 0.359 bits per heavy atom. The van der Waals surface area contributed by atoms with Crippen molar-refractivity contribution in [3.05, 3.63) is 215 Å². The molecule has 0 aliphatic carbocycles. The van der Waals surface area contributed by atoms with Gasteiger partial charge in [-0.2, -0.15) is 0 Å². The monoisotopic (exact) mass is 866 g/mol. The van der Waals surface area contributed by atoms with Gasteiger partial charge >= 0.3 is 0 Å². The zero-order valence-electron chi connectivity index (χ0n) is 36.0.